The van der Waals surface area contributed by atoms with Gasteiger partial charge in [0.2, 0.25) is 5.88 Å². The van der Waals surface area contributed by atoms with Crippen LogP contribution in [-0.4, -0.2) is 15.5 Å². The molecular weight excluding hydrogens is 348 g/mol. The molecule has 4 aromatic rings. The van der Waals surface area contributed by atoms with Crippen molar-refractivity contribution in [1.82, 2.24) is 9.55 Å². The average Bonchev–Trinajstić information content (AvgIpc) is 3.32. The Balaban J connectivity index is 1.72. The van der Waals surface area contributed by atoms with E-state index in [2.05, 4.69) is 16.4 Å². The third kappa shape index (κ3) is 2.57. The summed E-state index contributed by atoms with van der Waals surface area (Å²) in [5.74, 6) is 0.318. The van der Waals surface area contributed by atoms with E-state index in [4.69, 9.17) is 4.42 Å². The van der Waals surface area contributed by atoms with Gasteiger partial charge < -0.3 is 4.42 Å². The normalized spacial score (nSPS) is 10.8. The van der Waals surface area contributed by atoms with E-state index in [1.165, 1.54) is 11.3 Å². The standard InChI is InChI=1S/C19H14N4O2S/c1-11-6-5-7-14-16(11)21-19(26-14)22-17(24)15-12(2)25-18(13(15)10-20)23-8-3-4-9-23/h3-9H,1-2H3,(H,21,22,24). The number of nitrogens with one attached hydrogen (secondary N) is 1. The van der Waals surface area contributed by atoms with Gasteiger partial charge >= 0.3 is 0 Å². The number of aryl methyl sites for hydroxylation is 2. The molecule has 1 amide bonds. The maximum atomic E-state index is 12.8. The second kappa shape index (κ2) is 6.17. The zero-order valence-corrected chi connectivity index (χ0v) is 14.9. The number of hydrogen-bond donors (Lipinski definition) is 1. The molecule has 1 aromatic carbocycles. The summed E-state index contributed by atoms with van der Waals surface area (Å²) < 4.78 is 8.35. The number of hydrogen-bond acceptors (Lipinski definition) is 5. The molecule has 6 nitrogen and oxygen atoms in total. The molecule has 0 saturated carbocycles. The van der Waals surface area contributed by atoms with Crippen LogP contribution < -0.4 is 5.32 Å². The lowest BCUT2D eigenvalue weighted by Gasteiger charge is -2.00. The molecule has 0 unspecified atom stereocenters. The highest BCUT2D eigenvalue weighted by molar-refractivity contribution is 7.22. The minimum atomic E-state index is -0.405. The first-order valence-electron chi connectivity index (χ1n) is 7.93. The van der Waals surface area contributed by atoms with Gasteiger partial charge in [-0.3, -0.25) is 14.7 Å². The molecule has 0 atom stereocenters. The number of thiazole rings is 1. The Kier molecular flexibility index (Phi) is 3.82. The van der Waals surface area contributed by atoms with E-state index in [0.29, 0.717) is 16.8 Å². The molecule has 7 heteroatoms. The third-order valence-electron chi connectivity index (χ3n) is 4.08. The lowest BCUT2D eigenvalue weighted by Crippen LogP contribution is -2.13. The minimum Gasteiger partial charge on any atom is -0.443 e. The first kappa shape index (κ1) is 16.1. The molecule has 0 spiro atoms. The largest absolute Gasteiger partial charge is 0.443 e. The van der Waals surface area contributed by atoms with Crippen LogP contribution in [0.15, 0.2) is 47.1 Å². The fraction of sp³-hybridized carbons (Fsp3) is 0.105. The van der Waals surface area contributed by atoms with Crippen molar-refractivity contribution in [1.29, 1.82) is 5.26 Å². The summed E-state index contributed by atoms with van der Waals surface area (Å²) in [5.41, 5.74) is 2.34. The molecule has 0 radical (unpaired) electrons. The van der Waals surface area contributed by atoms with Gasteiger partial charge in [0.15, 0.2) is 5.13 Å². The van der Waals surface area contributed by atoms with Crippen molar-refractivity contribution < 1.29 is 9.21 Å². The Labute approximate surface area is 153 Å². The first-order valence-corrected chi connectivity index (χ1v) is 8.74. The number of aromatic nitrogens is 2. The second-order valence-electron chi connectivity index (χ2n) is 5.81. The monoisotopic (exact) mass is 362 g/mol. The van der Waals surface area contributed by atoms with Crippen LogP contribution in [-0.2, 0) is 0 Å². The van der Waals surface area contributed by atoms with Gasteiger partial charge in [-0.15, -0.1) is 0 Å². The molecule has 1 N–H and O–H groups in total. The van der Waals surface area contributed by atoms with E-state index in [1.807, 2.05) is 37.3 Å². The zero-order chi connectivity index (χ0) is 18.3. The van der Waals surface area contributed by atoms with Crippen LogP contribution in [0.3, 0.4) is 0 Å². The van der Waals surface area contributed by atoms with Crippen LogP contribution >= 0.6 is 11.3 Å². The molecule has 0 fully saturated rings. The molecular formula is C19H14N4O2S. The second-order valence-corrected chi connectivity index (χ2v) is 6.84. The van der Waals surface area contributed by atoms with E-state index < -0.39 is 5.91 Å². The van der Waals surface area contributed by atoms with Gasteiger partial charge in [0, 0.05) is 12.4 Å². The molecule has 3 heterocycles. The highest BCUT2D eigenvalue weighted by Gasteiger charge is 2.25. The summed E-state index contributed by atoms with van der Waals surface area (Å²) in [6.45, 7) is 3.65. The van der Waals surface area contributed by atoms with Crippen LogP contribution in [0.1, 0.15) is 27.2 Å². The van der Waals surface area contributed by atoms with Gasteiger partial charge in [0.1, 0.15) is 23.0 Å². The summed E-state index contributed by atoms with van der Waals surface area (Å²) in [6.07, 6.45) is 3.52. The predicted molar refractivity (Wildman–Crippen MR) is 99.8 cm³/mol. The van der Waals surface area contributed by atoms with Gasteiger partial charge in [-0.2, -0.15) is 5.26 Å². The number of para-hydroxylation sites is 1. The molecule has 0 bridgehead atoms. The number of carbonyl (C=O) groups excluding carboxylic acids is 1. The van der Waals surface area contributed by atoms with E-state index in [9.17, 15) is 10.1 Å². The predicted octanol–water partition coefficient (Wildman–Crippen LogP) is 4.42. The number of nitrogens with zero attached hydrogens (tertiary/aromatic N) is 3. The highest BCUT2D eigenvalue weighted by Crippen LogP contribution is 2.30. The van der Waals surface area contributed by atoms with Crippen molar-refractivity contribution >= 4 is 32.6 Å². The Hall–Kier alpha value is -3.37. The maximum absolute atomic E-state index is 12.8. The number of anilines is 1. The van der Waals surface area contributed by atoms with Gasteiger partial charge in [0.25, 0.3) is 5.91 Å². The number of nitriles is 1. The SMILES string of the molecule is Cc1oc(-n2cccc2)c(C#N)c1C(=O)Nc1nc2c(C)cccc2s1. The third-order valence-corrected chi connectivity index (χ3v) is 5.02. The maximum Gasteiger partial charge on any atom is 0.262 e. The van der Waals surface area contributed by atoms with Crippen molar-refractivity contribution in [2.75, 3.05) is 5.32 Å². The summed E-state index contributed by atoms with van der Waals surface area (Å²) in [4.78, 5) is 17.3. The Morgan fingerprint density at radius 3 is 2.73 bits per heavy atom. The topological polar surface area (TPSA) is 83.8 Å². The fourth-order valence-corrected chi connectivity index (χ4v) is 3.80. The Bertz CT molecular complexity index is 1160. The summed E-state index contributed by atoms with van der Waals surface area (Å²) in [7, 11) is 0. The van der Waals surface area contributed by atoms with Gasteiger partial charge in [-0.25, -0.2) is 4.98 Å². The number of rotatable bonds is 3. The summed E-state index contributed by atoms with van der Waals surface area (Å²) in [6, 6.07) is 11.6. The Morgan fingerprint density at radius 1 is 1.27 bits per heavy atom. The molecule has 0 aliphatic heterocycles. The van der Waals surface area contributed by atoms with Crippen LogP contribution in [0.2, 0.25) is 0 Å². The number of amides is 1. The molecule has 3 aromatic heterocycles. The summed E-state index contributed by atoms with van der Waals surface area (Å²) in [5, 5.41) is 12.8. The molecule has 0 aliphatic rings. The quantitative estimate of drug-likeness (QED) is 0.585. The smallest absolute Gasteiger partial charge is 0.262 e. The van der Waals surface area contributed by atoms with Crippen LogP contribution in [0.4, 0.5) is 5.13 Å². The minimum absolute atomic E-state index is 0.202. The highest BCUT2D eigenvalue weighted by atomic mass is 32.1. The lowest BCUT2D eigenvalue weighted by atomic mass is 10.1. The summed E-state index contributed by atoms with van der Waals surface area (Å²) >= 11 is 1.40. The molecule has 26 heavy (non-hydrogen) atoms. The van der Waals surface area contributed by atoms with Crippen molar-refractivity contribution in [3.8, 4) is 12.0 Å². The number of benzene rings is 1. The van der Waals surface area contributed by atoms with Crippen LogP contribution in [0.5, 0.6) is 0 Å². The zero-order valence-electron chi connectivity index (χ0n) is 14.1. The van der Waals surface area contributed by atoms with Crippen LogP contribution in [0.25, 0.3) is 16.1 Å². The van der Waals surface area contributed by atoms with Gasteiger partial charge in [-0.1, -0.05) is 23.5 Å². The Morgan fingerprint density at radius 2 is 2.04 bits per heavy atom. The van der Waals surface area contributed by atoms with E-state index >= 15 is 0 Å². The lowest BCUT2D eigenvalue weighted by molar-refractivity contribution is 0.102. The number of fused-ring (bicyclic) bond motifs is 1. The van der Waals surface area contributed by atoms with Crippen molar-refractivity contribution in [2.24, 2.45) is 0 Å². The van der Waals surface area contributed by atoms with Crippen LogP contribution in [0, 0.1) is 25.2 Å². The van der Waals surface area contributed by atoms with E-state index in [-0.39, 0.29) is 11.1 Å². The first-order chi connectivity index (χ1) is 12.6. The van der Waals surface area contributed by atoms with Gasteiger partial charge in [0.05, 0.1) is 10.2 Å². The van der Waals surface area contributed by atoms with Crippen molar-refractivity contribution in [2.45, 2.75) is 13.8 Å². The van der Waals surface area contributed by atoms with Crippen molar-refractivity contribution in [3.05, 3.63) is 65.2 Å². The van der Waals surface area contributed by atoms with Gasteiger partial charge in [-0.05, 0) is 37.6 Å². The molecule has 4 rings (SSSR count). The number of carbonyl (C=O) groups is 1. The fourth-order valence-electron chi connectivity index (χ4n) is 2.86. The molecule has 0 aliphatic carbocycles. The van der Waals surface area contributed by atoms with Crippen molar-refractivity contribution in [3.63, 3.8) is 0 Å². The van der Waals surface area contributed by atoms with E-state index in [0.717, 1.165) is 15.8 Å². The van der Waals surface area contributed by atoms with E-state index in [1.54, 1.807) is 23.9 Å². The molecule has 0 saturated heterocycles. The molecule has 128 valence electrons. The number of furan rings is 1. The average molecular weight is 362 g/mol.